The number of carbonyl (C=O) groups is 1. The zero-order chi connectivity index (χ0) is 20.6. The van der Waals surface area contributed by atoms with Crippen molar-refractivity contribution in [2.24, 2.45) is 4.99 Å². The lowest BCUT2D eigenvalue weighted by Gasteiger charge is -2.13. The molecule has 0 saturated carbocycles. The average Bonchev–Trinajstić information content (AvgIpc) is 3.12. The Labute approximate surface area is 188 Å². The highest BCUT2D eigenvalue weighted by Gasteiger charge is 2.19. The molecule has 0 aliphatic heterocycles. The Kier molecular flexibility index (Phi) is 10.1. The number of nitrogens with one attached hydrogen (secondary N) is 3. The summed E-state index contributed by atoms with van der Waals surface area (Å²) in [5.74, 6) is 1.57. The van der Waals surface area contributed by atoms with Crippen LogP contribution in [0, 0.1) is 5.82 Å². The van der Waals surface area contributed by atoms with Gasteiger partial charge in [0.1, 0.15) is 11.6 Å². The van der Waals surface area contributed by atoms with Crippen molar-refractivity contribution in [1.82, 2.24) is 20.9 Å². The number of carbonyl (C=O) groups excluding carboxylic acids is 1. The number of hydrogen-bond acceptors (Lipinski definition) is 4. The van der Waals surface area contributed by atoms with Gasteiger partial charge in [-0.05, 0) is 17.7 Å². The van der Waals surface area contributed by atoms with Crippen molar-refractivity contribution in [2.75, 3.05) is 20.1 Å². The van der Waals surface area contributed by atoms with E-state index in [1.807, 2.05) is 0 Å². The lowest BCUT2D eigenvalue weighted by molar-refractivity contribution is -0.120. The lowest BCUT2D eigenvalue weighted by atomic mass is 9.94. The topological polar surface area (TPSA) is 91.5 Å². The molecule has 2 rings (SSSR count). The summed E-state index contributed by atoms with van der Waals surface area (Å²) in [6, 6.07) is 5.90. The fraction of sp³-hybridized carbons (Fsp3) is 0.450. The van der Waals surface area contributed by atoms with E-state index < -0.39 is 0 Å². The third-order valence-corrected chi connectivity index (χ3v) is 3.94. The van der Waals surface area contributed by atoms with E-state index in [1.165, 1.54) is 12.1 Å². The second kappa shape index (κ2) is 11.7. The Bertz CT molecular complexity index is 800. The van der Waals surface area contributed by atoms with Gasteiger partial charge in [-0.1, -0.05) is 32.9 Å². The van der Waals surface area contributed by atoms with E-state index in [0.29, 0.717) is 31.5 Å². The molecule has 1 aromatic heterocycles. The number of aromatic nitrogens is 1. The molecule has 9 heteroatoms. The summed E-state index contributed by atoms with van der Waals surface area (Å²) in [6.45, 7) is 7.55. The first-order valence-electron chi connectivity index (χ1n) is 9.19. The van der Waals surface area contributed by atoms with Crippen LogP contribution in [0.2, 0.25) is 0 Å². The minimum Gasteiger partial charge on any atom is -0.443 e. The van der Waals surface area contributed by atoms with Crippen LogP contribution in [0.3, 0.4) is 0 Å². The monoisotopic (exact) mass is 517 g/mol. The molecule has 1 heterocycles. The molecule has 0 atom stereocenters. The highest BCUT2D eigenvalue weighted by atomic mass is 127. The fourth-order valence-electron chi connectivity index (χ4n) is 2.35. The Balaban J connectivity index is 0.00000420. The first kappa shape index (κ1) is 24.9. The van der Waals surface area contributed by atoms with Gasteiger partial charge in [-0.3, -0.25) is 9.79 Å². The SMILES string of the molecule is CN=C(NCCNC(=O)Cc1ccc(F)cc1)NCc1ncc(C(C)(C)C)o1.I. The maximum Gasteiger partial charge on any atom is 0.224 e. The lowest BCUT2D eigenvalue weighted by Crippen LogP contribution is -2.41. The molecule has 29 heavy (non-hydrogen) atoms. The van der Waals surface area contributed by atoms with E-state index in [1.54, 1.807) is 25.4 Å². The molecule has 3 N–H and O–H groups in total. The Morgan fingerprint density at radius 2 is 1.79 bits per heavy atom. The van der Waals surface area contributed by atoms with Crippen molar-refractivity contribution in [3.63, 3.8) is 0 Å². The van der Waals surface area contributed by atoms with Crippen LogP contribution in [0.1, 0.15) is 38.0 Å². The number of halogens is 2. The molecule has 0 unspecified atom stereocenters. The van der Waals surface area contributed by atoms with Crippen molar-refractivity contribution in [3.05, 3.63) is 53.5 Å². The van der Waals surface area contributed by atoms with Gasteiger partial charge in [-0.2, -0.15) is 0 Å². The third-order valence-electron chi connectivity index (χ3n) is 3.94. The normalized spacial score (nSPS) is 11.6. The van der Waals surface area contributed by atoms with Gasteiger partial charge < -0.3 is 20.4 Å². The molecule has 7 nitrogen and oxygen atoms in total. The second-order valence-corrected chi connectivity index (χ2v) is 7.37. The summed E-state index contributed by atoms with van der Waals surface area (Å²) in [6.07, 6.45) is 1.96. The van der Waals surface area contributed by atoms with Gasteiger partial charge in [0.2, 0.25) is 11.8 Å². The first-order valence-corrected chi connectivity index (χ1v) is 9.19. The molecule has 0 aliphatic rings. The van der Waals surface area contributed by atoms with E-state index in [0.717, 1.165) is 11.3 Å². The van der Waals surface area contributed by atoms with Crippen molar-refractivity contribution in [1.29, 1.82) is 0 Å². The molecule has 0 bridgehead atoms. The first-order chi connectivity index (χ1) is 13.3. The number of hydrogen-bond donors (Lipinski definition) is 3. The molecule has 0 saturated heterocycles. The van der Waals surface area contributed by atoms with Crippen LogP contribution in [0.15, 0.2) is 39.9 Å². The Morgan fingerprint density at radius 3 is 2.38 bits per heavy atom. The highest BCUT2D eigenvalue weighted by Crippen LogP contribution is 2.22. The number of oxazole rings is 1. The van der Waals surface area contributed by atoms with E-state index in [9.17, 15) is 9.18 Å². The molecule has 160 valence electrons. The van der Waals surface area contributed by atoms with Gasteiger partial charge in [-0.15, -0.1) is 24.0 Å². The van der Waals surface area contributed by atoms with Crippen LogP contribution in [-0.4, -0.2) is 37.0 Å². The summed E-state index contributed by atoms with van der Waals surface area (Å²) >= 11 is 0. The van der Waals surface area contributed by atoms with Crippen LogP contribution in [-0.2, 0) is 23.2 Å². The Morgan fingerprint density at radius 1 is 1.14 bits per heavy atom. The van der Waals surface area contributed by atoms with Gasteiger partial charge in [0.05, 0.1) is 19.2 Å². The van der Waals surface area contributed by atoms with Gasteiger partial charge in [-0.25, -0.2) is 9.37 Å². The largest absolute Gasteiger partial charge is 0.443 e. The van der Waals surface area contributed by atoms with E-state index in [-0.39, 0.29) is 47.5 Å². The third kappa shape index (κ3) is 8.80. The molecule has 0 radical (unpaired) electrons. The van der Waals surface area contributed by atoms with Gasteiger partial charge in [0.25, 0.3) is 0 Å². The quantitative estimate of drug-likeness (QED) is 0.228. The van der Waals surface area contributed by atoms with Gasteiger partial charge in [0, 0.05) is 25.6 Å². The van der Waals surface area contributed by atoms with Crippen LogP contribution in [0.5, 0.6) is 0 Å². The summed E-state index contributed by atoms with van der Waals surface area (Å²) in [5.41, 5.74) is 0.682. The van der Waals surface area contributed by atoms with Crippen LogP contribution >= 0.6 is 24.0 Å². The molecular weight excluding hydrogens is 488 g/mol. The fourth-order valence-corrected chi connectivity index (χ4v) is 2.35. The minimum atomic E-state index is -0.313. The number of amides is 1. The van der Waals surface area contributed by atoms with Crippen molar-refractivity contribution < 1.29 is 13.6 Å². The van der Waals surface area contributed by atoms with Gasteiger partial charge >= 0.3 is 0 Å². The zero-order valence-corrected chi connectivity index (χ0v) is 19.5. The molecule has 0 aliphatic carbocycles. The number of aliphatic imine (C=N–C) groups is 1. The highest BCUT2D eigenvalue weighted by molar-refractivity contribution is 14.0. The summed E-state index contributed by atoms with van der Waals surface area (Å²) < 4.78 is 18.6. The molecule has 0 fully saturated rings. The average molecular weight is 517 g/mol. The number of guanidine groups is 1. The zero-order valence-electron chi connectivity index (χ0n) is 17.2. The number of nitrogens with zero attached hydrogens (tertiary/aromatic N) is 2. The van der Waals surface area contributed by atoms with Crippen molar-refractivity contribution in [2.45, 2.75) is 39.2 Å². The molecule has 1 amide bonds. The maximum atomic E-state index is 12.9. The van der Waals surface area contributed by atoms with Crippen molar-refractivity contribution in [3.8, 4) is 0 Å². The smallest absolute Gasteiger partial charge is 0.224 e. The van der Waals surface area contributed by atoms with Crippen LogP contribution in [0.25, 0.3) is 0 Å². The van der Waals surface area contributed by atoms with Crippen LogP contribution < -0.4 is 16.0 Å². The number of benzene rings is 1. The summed E-state index contributed by atoms with van der Waals surface area (Å²) in [7, 11) is 1.67. The second-order valence-electron chi connectivity index (χ2n) is 7.37. The van der Waals surface area contributed by atoms with Gasteiger partial charge in [0.15, 0.2) is 5.96 Å². The molecule has 1 aromatic carbocycles. The van der Waals surface area contributed by atoms with E-state index in [2.05, 4.69) is 46.7 Å². The molecule has 0 spiro atoms. The van der Waals surface area contributed by atoms with E-state index in [4.69, 9.17) is 4.42 Å². The summed E-state index contributed by atoms with van der Waals surface area (Å²) in [4.78, 5) is 20.3. The Hall–Kier alpha value is -2.17. The van der Waals surface area contributed by atoms with Crippen LogP contribution in [0.4, 0.5) is 4.39 Å². The molecular formula is C20H29FIN5O2. The predicted molar refractivity (Wildman–Crippen MR) is 122 cm³/mol. The van der Waals surface area contributed by atoms with Crippen molar-refractivity contribution >= 4 is 35.8 Å². The number of rotatable bonds is 7. The predicted octanol–water partition coefficient (Wildman–Crippen LogP) is 2.75. The maximum absolute atomic E-state index is 12.9. The summed E-state index contributed by atoms with van der Waals surface area (Å²) in [5, 5.41) is 9.04. The standard InChI is InChI=1S/C20H28FN5O2.HI/c1-20(2,3)16-12-25-18(28-16)13-26-19(22-4)24-10-9-23-17(27)11-14-5-7-15(21)8-6-14;/h5-8,12H,9-11,13H2,1-4H3,(H,23,27)(H2,22,24,26);1H. The minimum absolute atomic E-state index is 0. The molecule has 2 aromatic rings. The van der Waals surface area contributed by atoms with E-state index >= 15 is 0 Å².